The maximum atomic E-state index is 12.8. The molecule has 3 N–H and O–H groups in total. The molecule has 1 saturated heterocycles. The summed E-state index contributed by atoms with van der Waals surface area (Å²) in [5.74, 6) is -1.49. The Morgan fingerprint density at radius 1 is 1.10 bits per heavy atom. The van der Waals surface area contributed by atoms with Crippen molar-refractivity contribution in [2.75, 3.05) is 13.1 Å². The van der Waals surface area contributed by atoms with Gasteiger partial charge < -0.3 is 20.5 Å². The molecule has 0 saturated carbocycles. The van der Waals surface area contributed by atoms with E-state index in [0.29, 0.717) is 27.5 Å². The van der Waals surface area contributed by atoms with Crippen LogP contribution in [0.15, 0.2) is 54.6 Å². The molecule has 0 bridgehead atoms. The van der Waals surface area contributed by atoms with E-state index in [-0.39, 0.29) is 11.9 Å². The Morgan fingerprint density at radius 2 is 1.87 bits per heavy atom. The number of benzene rings is 3. The van der Waals surface area contributed by atoms with Gasteiger partial charge in [0.25, 0.3) is 5.91 Å². The minimum atomic E-state index is -4.92. The van der Waals surface area contributed by atoms with Crippen molar-refractivity contribution in [2.24, 2.45) is 0 Å². The molecule has 1 amide bonds. The van der Waals surface area contributed by atoms with Crippen LogP contribution >= 0.6 is 0 Å². The van der Waals surface area contributed by atoms with Crippen LogP contribution in [0.25, 0.3) is 21.9 Å². The average Bonchev–Trinajstić information content (AvgIpc) is 3.21. The zero-order valence-electron chi connectivity index (χ0n) is 15.8. The van der Waals surface area contributed by atoms with E-state index in [1.165, 1.54) is 6.07 Å². The third-order valence-corrected chi connectivity index (χ3v) is 5.06. The van der Waals surface area contributed by atoms with Gasteiger partial charge in [0.15, 0.2) is 11.5 Å². The van der Waals surface area contributed by atoms with Crippen molar-refractivity contribution in [2.45, 2.75) is 18.8 Å². The molecule has 1 aliphatic rings. The fourth-order valence-corrected chi connectivity index (χ4v) is 3.68. The molecule has 1 heterocycles. The summed E-state index contributed by atoms with van der Waals surface area (Å²) >= 11 is 0. The standard InChI is InChI=1S/C22H19F3N2O3/c23-22(24,25)30-20-11-13(5-8-19(20)28)15-6-7-18(17-4-2-1-3-16(15)17)21(29)27-14-9-10-26-12-14/h1-8,11,14,26,28H,9-10,12H2,(H,27,29)/t14-/m1/s1. The molecular weight excluding hydrogens is 397 g/mol. The van der Waals surface area contributed by atoms with Crippen molar-refractivity contribution >= 4 is 16.7 Å². The molecular formula is C22H19F3N2O3. The van der Waals surface area contributed by atoms with Crippen LogP contribution in [-0.2, 0) is 0 Å². The van der Waals surface area contributed by atoms with Gasteiger partial charge in [-0.2, -0.15) is 0 Å². The van der Waals surface area contributed by atoms with Crippen LogP contribution in [0.1, 0.15) is 16.8 Å². The van der Waals surface area contributed by atoms with Crippen molar-refractivity contribution in [3.8, 4) is 22.6 Å². The Bertz CT molecular complexity index is 1090. The fourth-order valence-electron chi connectivity index (χ4n) is 3.68. The van der Waals surface area contributed by atoms with Crippen molar-refractivity contribution in [3.05, 3.63) is 60.2 Å². The molecule has 0 radical (unpaired) electrons. The third kappa shape index (κ3) is 4.18. The van der Waals surface area contributed by atoms with E-state index < -0.39 is 17.9 Å². The number of amides is 1. The van der Waals surface area contributed by atoms with Crippen LogP contribution in [0.2, 0.25) is 0 Å². The number of phenolic OH excluding ortho intramolecular Hbond substituents is 1. The van der Waals surface area contributed by atoms with Crippen LogP contribution in [0.3, 0.4) is 0 Å². The predicted octanol–water partition coefficient (Wildman–Crippen LogP) is 4.20. The highest BCUT2D eigenvalue weighted by molar-refractivity contribution is 6.11. The summed E-state index contributed by atoms with van der Waals surface area (Å²) in [7, 11) is 0. The Hall–Kier alpha value is -3.26. The highest BCUT2D eigenvalue weighted by Crippen LogP contribution is 2.38. The van der Waals surface area contributed by atoms with Crippen LogP contribution in [0.4, 0.5) is 13.2 Å². The Morgan fingerprint density at radius 3 is 2.57 bits per heavy atom. The topological polar surface area (TPSA) is 70.6 Å². The first-order valence-corrected chi connectivity index (χ1v) is 9.44. The molecule has 8 heteroatoms. The largest absolute Gasteiger partial charge is 0.573 e. The van der Waals surface area contributed by atoms with Gasteiger partial charge in [-0.15, -0.1) is 13.2 Å². The van der Waals surface area contributed by atoms with Crippen molar-refractivity contribution in [1.82, 2.24) is 10.6 Å². The summed E-state index contributed by atoms with van der Waals surface area (Å²) in [5, 5.41) is 17.3. The lowest BCUT2D eigenvalue weighted by Gasteiger charge is -2.16. The molecule has 1 atom stereocenters. The van der Waals surface area contributed by atoms with Gasteiger partial charge in [-0.05, 0) is 53.1 Å². The van der Waals surface area contributed by atoms with Crippen molar-refractivity contribution in [1.29, 1.82) is 0 Å². The Kier molecular flexibility index (Phi) is 5.26. The molecule has 0 unspecified atom stereocenters. The average molecular weight is 416 g/mol. The molecule has 1 aliphatic heterocycles. The van der Waals surface area contributed by atoms with E-state index in [9.17, 15) is 23.1 Å². The fraction of sp³-hybridized carbons (Fsp3) is 0.227. The number of ether oxygens (including phenoxy) is 1. The van der Waals surface area contributed by atoms with E-state index in [1.807, 2.05) is 0 Å². The predicted molar refractivity (Wildman–Crippen MR) is 106 cm³/mol. The van der Waals surface area contributed by atoms with Gasteiger partial charge in [0.1, 0.15) is 0 Å². The van der Waals surface area contributed by atoms with Gasteiger partial charge in [0, 0.05) is 18.2 Å². The first-order chi connectivity index (χ1) is 14.3. The number of phenols is 1. The highest BCUT2D eigenvalue weighted by Gasteiger charge is 2.32. The number of halogens is 3. The minimum absolute atomic E-state index is 0.0649. The highest BCUT2D eigenvalue weighted by atomic mass is 19.4. The van der Waals surface area contributed by atoms with Crippen LogP contribution in [0, 0.1) is 0 Å². The Balaban J connectivity index is 1.74. The number of hydrogen-bond acceptors (Lipinski definition) is 4. The normalized spacial score (nSPS) is 16.6. The van der Waals surface area contributed by atoms with Crippen LogP contribution in [0.5, 0.6) is 11.5 Å². The van der Waals surface area contributed by atoms with Crippen molar-refractivity contribution < 1.29 is 27.8 Å². The molecule has 4 rings (SSSR count). The molecule has 1 fully saturated rings. The molecule has 30 heavy (non-hydrogen) atoms. The molecule has 3 aromatic carbocycles. The van der Waals surface area contributed by atoms with Crippen LogP contribution < -0.4 is 15.4 Å². The summed E-state index contributed by atoms with van der Waals surface area (Å²) in [6.07, 6.45) is -4.06. The number of alkyl halides is 3. The summed E-state index contributed by atoms with van der Waals surface area (Å²) in [6.45, 7) is 1.57. The second-order valence-corrected chi connectivity index (χ2v) is 7.10. The lowest BCUT2D eigenvalue weighted by molar-refractivity contribution is -0.275. The SMILES string of the molecule is O=C(N[C@@H]1CCNC1)c1ccc(-c2ccc(O)c(OC(F)(F)F)c2)c2ccccc12. The number of carbonyl (C=O) groups is 1. The molecule has 156 valence electrons. The first-order valence-electron chi connectivity index (χ1n) is 9.44. The van der Waals surface area contributed by atoms with Gasteiger partial charge >= 0.3 is 6.36 Å². The minimum Gasteiger partial charge on any atom is -0.504 e. The molecule has 3 aromatic rings. The monoisotopic (exact) mass is 416 g/mol. The van der Waals surface area contributed by atoms with E-state index in [2.05, 4.69) is 15.4 Å². The summed E-state index contributed by atoms with van der Waals surface area (Å²) in [5.41, 5.74) is 1.54. The molecule has 0 spiro atoms. The lowest BCUT2D eigenvalue weighted by Crippen LogP contribution is -2.36. The lowest BCUT2D eigenvalue weighted by atomic mass is 9.94. The van der Waals surface area contributed by atoms with Gasteiger partial charge in [0.2, 0.25) is 0 Å². The maximum absolute atomic E-state index is 12.8. The second-order valence-electron chi connectivity index (χ2n) is 7.10. The third-order valence-electron chi connectivity index (χ3n) is 5.06. The molecule has 5 nitrogen and oxygen atoms in total. The number of fused-ring (bicyclic) bond motifs is 1. The summed E-state index contributed by atoms with van der Waals surface area (Å²) < 4.78 is 41.8. The summed E-state index contributed by atoms with van der Waals surface area (Å²) in [6, 6.07) is 14.4. The van der Waals surface area contributed by atoms with Gasteiger partial charge in [-0.3, -0.25) is 4.79 Å². The van der Waals surface area contributed by atoms with E-state index in [4.69, 9.17) is 0 Å². The van der Waals surface area contributed by atoms with E-state index in [1.54, 1.807) is 36.4 Å². The van der Waals surface area contributed by atoms with Gasteiger partial charge in [0.05, 0.1) is 0 Å². The number of hydrogen-bond donors (Lipinski definition) is 3. The van der Waals surface area contributed by atoms with Gasteiger partial charge in [-0.1, -0.05) is 36.4 Å². The van der Waals surface area contributed by atoms with Crippen molar-refractivity contribution in [3.63, 3.8) is 0 Å². The number of aromatic hydroxyl groups is 1. The first kappa shape index (κ1) is 20.0. The maximum Gasteiger partial charge on any atom is 0.573 e. The number of nitrogens with one attached hydrogen (secondary N) is 2. The van der Waals surface area contributed by atoms with Gasteiger partial charge in [-0.25, -0.2) is 0 Å². The zero-order valence-corrected chi connectivity index (χ0v) is 15.8. The number of rotatable bonds is 4. The van der Waals surface area contributed by atoms with E-state index >= 15 is 0 Å². The van der Waals surface area contributed by atoms with Crippen LogP contribution in [-0.4, -0.2) is 36.5 Å². The zero-order chi connectivity index (χ0) is 21.3. The smallest absolute Gasteiger partial charge is 0.504 e. The summed E-state index contributed by atoms with van der Waals surface area (Å²) in [4.78, 5) is 12.8. The molecule has 0 aliphatic carbocycles. The second kappa shape index (κ2) is 7.87. The van der Waals surface area contributed by atoms with E-state index in [0.717, 1.165) is 31.6 Å². The Labute approximate surface area is 170 Å². The quantitative estimate of drug-likeness (QED) is 0.596. The number of carbonyl (C=O) groups excluding carboxylic acids is 1. The molecule has 0 aromatic heterocycles.